The quantitative estimate of drug-likeness (QED) is 0.508. The van der Waals surface area contributed by atoms with Crippen LogP contribution in [-0.2, 0) is 17.2 Å². The van der Waals surface area contributed by atoms with Crippen molar-refractivity contribution < 1.29 is 13.7 Å². The molecule has 146 valence electrons. The molecule has 2 aromatic carbocycles. The largest absolute Gasteiger partial charge is 0.493 e. The number of ether oxygens (including phenoxy) is 2. The summed E-state index contributed by atoms with van der Waals surface area (Å²) in [4.78, 5) is 5.04. The van der Waals surface area contributed by atoms with Gasteiger partial charge in [-0.15, -0.1) is 0 Å². The predicted octanol–water partition coefficient (Wildman–Crippen LogP) is 2.22. The topological polar surface area (TPSA) is 72.0 Å². The van der Waals surface area contributed by atoms with Crippen LogP contribution >= 0.6 is 0 Å². The molecular formula is C20H27N3O3S. The fraction of sp³-hybridized carbons (Fsp3) is 0.350. The minimum Gasteiger partial charge on any atom is -0.493 e. The molecule has 0 aromatic heterocycles. The molecule has 0 heterocycles. The number of nitrogens with zero attached hydrogens (tertiary/aromatic N) is 1. The Morgan fingerprint density at radius 1 is 1.00 bits per heavy atom. The Hall–Kier alpha value is -2.54. The highest BCUT2D eigenvalue weighted by molar-refractivity contribution is 7.85. The summed E-state index contributed by atoms with van der Waals surface area (Å²) in [6, 6.07) is 15.4. The van der Waals surface area contributed by atoms with Gasteiger partial charge in [-0.2, -0.15) is 0 Å². The van der Waals surface area contributed by atoms with E-state index < -0.39 is 10.8 Å². The lowest BCUT2D eigenvalue weighted by atomic mass is 10.1. The van der Waals surface area contributed by atoms with E-state index in [-0.39, 0.29) is 0 Å². The van der Waals surface area contributed by atoms with Crippen LogP contribution in [0.1, 0.15) is 5.56 Å². The maximum atomic E-state index is 12.2. The van der Waals surface area contributed by atoms with E-state index in [1.54, 1.807) is 21.3 Å². The third kappa shape index (κ3) is 6.60. The molecule has 1 atom stereocenters. The van der Waals surface area contributed by atoms with Gasteiger partial charge in [0.1, 0.15) is 0 Å². The molecule has 1 unspecified atom stereocenters. The Balaban J connectivity index is 1.75. The molecule has 2 aromatic rings. The number of hydrogen-bond acceptors (Lipinski definition) is 4. The van der Waals surface area contributed by atoms with Gasteiger partial charge in [0.15, 0.2) is 17.5 Å². The van der Waals surface area contributed by atoms with Gasteiger partial charge in [-0.1, -0.05) is 24.3 Å². The van der Waals surface area contributed by atoms with Gasteiger partial charge < -0.3 is 20.1 Å². The highest BCUT2D eigenvalue weighted by Gasteiger charge is 2.06. The molecule has 0 aliphatic rings. The van der Waals surface area contributed by atoms with E-state index in [1.807, 2.05) is 48.5 Å². The van der Waals surface area contributed by atoms with Crippen molar-refractivity contribution >= 4 is 16.8 Å². The monoisotopic (exact) mass is 389 g/mol. The summed E-state index contributed by atoms with van der Waals surface area (Å²) in [5.41, 5.74) is 1.14. The number of nitrogens with one attached hydrogen (secondary N) is 2. The molecule has 0 fully saturated rings. The Morgan fingerprint density at radius 2 is 1.70 bits per heavy atom. The molecule has 0 spiro atoms. The van der Waals surface area contributed by atoms with E-state index in [0.29, 0.717) is 18.3 Å². The van der Waals surface area contributed by atoms with Gasteiger partial charge in [0, 0.05) is 30.8 Å². The standard InChI is InChI=1S/C20H27N3O3S/c1-21-20(23-13-14-27(24)17-7-5-4-6-8-17)22-12-11-16-9-10-18(25-2)19(15-16)26-3/h4-10,15H,11-14H2,1-3H3,(H2,21,22,23). The number of aliphatic imine (C=N–C) groups is 1. The molecule has 0 saturated heterocycles. The normalized spacial score (nSPS) is 12.3. The van der Waals surface area contributed by atoms with Crippen LogP contribution in [0.3, 0.4) is 0 Å². The summed E-state index contributed by atoms with van der Waals surface area (Å²) in [6.45, 7) is 1.30. The van der Waals surface area contributed by atoms with Crippen molar-refractivity contribution in [2.45, 2.75) is 11.3 Å². The fourth-order valence-electron chi connectivity index (χ4n) is 2.53. The van der Waals surface area contributed by atoms with Crippen molar-refractivity contribution in [3.05, 3.63) is 54.1 Å². The Morgan fingerprint density at radius 3 is 2.37 bits per heavy atom. The molecule has 0 aliphatic carbocycles. The van der Waals surface area contributed by atoms with Crippen LogP contribution in [0.2, 0.25) is 0 Å². The average Bonchev–Trinajstić information content (AvgIpc) is 2.72. The van der Waals surface area contributed by atoms with E-state index >= 15 is 0 Å². The minimum absolute atomic E-state index is 0.528. The van der Waals surface area contributed by atoms with Crippen LogP contribution in [0.4, 0.5) is 0 Å². The second-order valence-corrected chi connectivity index (χ2v) is 7.30. The van der Waals surface area contributed by atoms with Gasteiger partial charge in [-0.3, -0.25) is 9.20 Å². The van der Waals surface area contributed by atoms with E-state index in [0.717, 1.165) is 34.9 Å². The first-order valence-corrected chi connectivity index (χ1v) is 10.1. The summed E-state index contributed by atoms with van der Waals surface area (Å²) >= 11 is 0. The zero-order chi connectivity index (χ0) is 19.5. The first-order valence-electron chi connectivity index (χ1n) is 8.76. The number of guanidine groups is 1. The highest BCUT2D eigenvalue weighted by Crippen LogP contribution is 2.27. The smallest absolute Gasteiger partial charge is 0.191 e. The maximum Gasteiger partial charge on any atom is 0.191 e. The predicted molar refractivity (Wildman–Crippen MR) is 110 cm³/mol. The number of rotatable bonds is 9. The minimum atomic E-state index is -1.02. The van der Waals surface area contributed by atoms with Gasteiger partial charge in [0.25, 0.3) is 0 Å². The lowest BCUT2D eigenvalue weighted by Gasteiger charge is -2.13. The molecule has 0 bridgehead atoms. The second kappa shape index (κ2) is 11.2. The Kier molecular flexibility index (Phi) is 8.64. The summed E-state index contributed by atoms with van der Waals surface area (Å²) in [7, 11) is 3.96. The van der Waals surface area contributed by atoms with E-state index in [9.17, 15) is 4.21 Å². The summed E-state index contributed by atoms with van der Waals surface area (Å²) in [5, 5.41) is 6.46. The van der Waals surface area contributed by atoms with Crippen molar-refractivity contribution in [2.24, 2.45) is 4.99 Å². The summed E-state index contributed by atoms with van der Waals surface area (Å²) < 4.78 is 22.8. The molecular weight excluding hydrogens is 362 g/mol. The molecule has 0 amide bonds. The van der Waals surface area contributed by atoms with E-state index in [4.69, 9.17) is 9.47 Å². The van der Waals surface area contributed by atoms with Crippen LogP contribution in [0.5, 0.6) is 11.5 Å². The first-order chi connectivity index (χ1) is 13.2. The second-order valence-electron chi connectivity index (χ2n) is 5.73. The number of hydrogen-bond donors (Lipinski definition) is 2. The third-order valence-electron chi connectivity index (χ3n) is 3.96. The van der Waals surface area contributed by atoms with Crippen LogP contribution in [0.15, 0.2) is 58.4 Å². The lowest BCUT2D eigenvalue weighted by molar-refractivity contribution is 0.354. The lowest BCUT2D eigenvalue weighted by Crippen LogP contribution is -2.40. The van der Waals surface area contributed by atoms with E-state index in [1.165, 1.54) is 0 Å². The van der Waals surface area contributed by atoms with Gasteiger partial charge in [0.2, 0.25) is 0 Å². The van der Waals surface area contributed by atoms with Crippen LogP contribution in [-0.4, -0.2) is 50.3 Å². The van der Waals surface area contributed by atoms with Crippen molar-refractivity contribution in [3.8, 4) is 11.5 Å². The SMILES string of the molecule is CN=C(NCCc1ccc(OC)c(OC)c1)NCCS(=O)c1ccccc1. The third-order valence-corrected chi connectivity index (χ3v) is 5.34. The van der Waals surface area contributed by atoms with Crippen molar-refractivity contribution in [1.82, 2.24) is 10.6 Å². The van der Waals surface area contributed by atoms with Crippen molar-refractivity contribution in [2.75, 3.05) is 40.1 Å². The van der Waals surface area contributed by atoms with Crippen LogP contribution in [0.25, 0.3) is 0 Å². The Labute approximate surface area is 163 Å². The Bertz CT molecular complexity index is 766. The maximum absolute atomic E-state index is 12.2. The van der Waals surface area contributed by atoms with E-state index in [2.05, 4.69) is 15.6 Å². The van der Waals surface area contributed by atoms with Crippen LogP contribution in [0, 0.1) is 0 Å². The zero-order valence-electron chi connectivity index (χ0n) is 16.0. The molecule has 6 nitrogen and oxygen atoms in total. The fourth-order valence-corrected chi connectivity index (χ4v) is 3.52. The van der Waals surface area contributed by atoms with Gasteiger partial charge in [-0.05, 0) is 36.2 Å². The molecule has 2 rings (SSSR count). The molecule has 0 aliphatic heterocycles. The highest BCUT2D eigenvalue weighted by atomic mass is 32.2. The summed E-state index contributed by atoms with van der Waals surface area (Å²) in [5.74, 6) is 2.67. The van der Waals surface area contributed by atoms with Crippen molar-refractivity contribution in [3.63, 3.8) is 0 Å². The summed E-state index contributed by atoms with van der Waals surface area (Å²) in [6.07, 6.45) is 0.816. The zero-order valence-corrected chi connectivity index (χ0v) is 16.8. The molecule has 0 radical (unpaired) electrons. The number of benzene rings is 2. The van der Waals surface area contributed by atoms with Gasteiger partial charge in [0.05, 0.1) is 25.0 Å². The number of methoxy groups -OCH3 is 2. The molecule has 7 heteroatoms. The first kappa shape index (κ1) is 20.8. The molecule has 27 heavy (non-hydrogen) atoms. The molecule has 2 N–H and O–H groups in total. The van der Waals surface area contributed by atoms with Crippen molar-refractivity contribution in [1.29, 1.82) is 0 Å². The average molecular weight is 390 g/mol. The van der Waals surface area contributed by atoms with Gasteiger partial charge in [-0.25, -0.2) is 0 Å². The van der Waals surface area contributed by atoms with Gasteiger partial charge >= 0.3 is 0 Å². The molecule has 0 saturated carbocycles. The van der Waals surface area contributed by atoms with Crippen LogP contribution < -0.4 is 20.1 Å².